The molecule has 1 saturated heterocycles. The van der Waals surface area contributed by atoms with Gasteiger partial charge in [-0.1, -0.05) is 42.5 Å². The molecule has 0 unspecified atom stereocenters. The zero-order chi connectivity index (χ0) is 20.9. The van der Waals surface area contributed by atoms with Crippen LogP contribution in [-0.2, 0) is 0 Å². The van der Waals surface area contributed by atoms with Gasteiger partial charge in [0.25, 0.3) is 11.8 Å². The highest BCUT2D eigenvalue weighted by Gasteiger charge is 2.20. The minimum Gasteiger partial charge on any atom is -0.336 e. The third-order valence-electron chi connectivity index (χ3n) is 5.43. The quantitative estimate of drug-likeness (QED) is 0.722. The van der Waals surface area contributed by atoms with E-state index in [4.69, 9.17) is 0 Å². The average Bonchev–Trinajstić information content (AvgIpc) is 2.80. The van der Waals surface area contributed by atoms with Crippen LogP contribution in [0.4, 0.5) is 5.69 Å². The third kappa shape index (κ3) is 4.58. The van der Waals surface area contributed by atoms with Crippen LogP contribution in [0.2, 0.25) is 0 Å². The molecule has 4 rings (SSSR count). The molecule has 3 aromatic carbocycles. The zero-order valence-electron chi connectivity index (χ0n) is 17.0. The molecule has 1 heterocycles. The molecular weight excluding hydrogens is 374 g/mol. The fourth-order valence-electron chi connectivity index (χ4n) is 3.54. The Morgan fingerprint density at radius 2 is 1.27 bits per heavy atom. The van der Waals surface area contributed by atoms with Crippen molar-refractivity contribution in [3.05, 3.63) is 90.0 Å². The average molecular weight is 399 g/mol. The maximum Gasteiger partial charge on any atom is 0.255 e. The number of hydrogen-bond donors (Lipinski definition) is 1. The molecule has 3 aromatic rings. The predicted molar refractivity (Wildman–Crippen MR) is 120 cm³/mol. The van der Waals surface area contributed by atoms with Crippen LogP contribution in [0.25, 0.3) is 11.1 Å². The molecule has 0 spiro atoms. The van der Waals surface area contributed by atoms with Gasteiger partial charge in [0.1, 0.15) is 0 Å². The number of anilines is 1. The number of amides is 2. The van der Waals surface area contributed by atoms with E-state index in [1.54, 1.807) is 24.3 Å². The molecule has 1 aliphatic heterocycles. The van der Waals surface area contributed by atoms with Gasteiger partial charge in [0.15, 0.2) is 0 Å². The second kappa shape index (κ2) is 8.93. The molecule has 30 heavy (non-hydrogen) atoms. The number of piperazine rings is 1. The first-order valence-electron chi connectivity index (χ1n) is 10.1. The minimum absolute atomic E-state index is 0.0393. The number of carbonyl (C=O) groups excluding carboxylic acids is 2. The summed E-state index contributed by atoms with van der Waals surface area (Å²) in [5, 5.41) is 2.90. The van der Waals surface area contributed by atoms with Crippen molar-refractivity contribution >= 4 is 17.5 Å². The number of carbonyl (C=O) groups is 2. The monoisotopic (exact) mass is 399 g/mol. The number of rotatable bonds is 4. The minimum atomic E-state index is -0.173. The molecule has 0 atom stereocenters. The Kier molecular flexibility index (Phi) is 5.91. The van der Waals surface area contributed by atoms with Crippen molar-refractivity contribution in [3.63, 3.8) is 0 Å². The van der Waals surface area contributed by atoms with Gasteiger partial charge in [-0.15, -0.1) is 0 Å². The van der Waals surface area contributed by atoms with Crippen LogP contribution in [-0.4, -0.2) is 54.8 Å². The van der Waals surface area contributed by atoms with Crippen molar-refractivity contribution in [2.45, 2.75) is 0 Å². The Morgan fingerprint density at radius 1 is 0.700 bits per heavy atom. The van der Waals surface area contributed by atoms with Crippen molar-refractivity contribution in [1.29, 1.82) is 0 Å². The summed E-state index contributed by atoms with van der Waals surface area (Å²) in [6.45, 7) is 3.27. The largest absolute Gasteiger partial charge is 0.336 e. The Balaban J connectivity index is 1.38. The molecule has 2 amide bonds. The topological polar surface area (TPSA) is 52.6 Å². The van der Waals surface area contributed by atoms with Crippen LogP contribution < -0.4 is 5.32 Å². The lowest BCUT2D eigenvalue weighted by Crippen LogP contribution is -2.47. The van der Waals surface area contributed by atoms with Gasteiger partial charge < -0.3 is 15.1 Å². The van der Waals surface area contributed by atoms with Crippen molar-refractivity contribution in [2.75, 3.05) is 38.5 Å². The van der Waals surface area contributed by atoms with Crippen LogP contribution in [0.5, 0.6) is 0 Å². The second-order valence-corrected chi connectivity index (χ2v) is 7.57. The van der Waals surface area contributed by atoms with E-state index in [1.165, 1.54) is 0 Å². The first-order chi connectivity index (χ1) is 14.6. The molecule has 1 aliphatic rings. The van der Waals surface area contributed by atoms with Crippen molar-refractivity contribution in [3.8, 4) is 11.1 Å². The lowest BCUT2D eigenvalue weighted by atomic mass is 10.0. The summed E-state index contributed by atoms with van der Waals surface area (Å²) in [4.78, 5) is 29.3. The Morgan fingerprint density at radius 3 is 1.90 bits per heavy atom. The summed E-state index contributed by atoms with van der Waals surface area (Å²) >= 11 is 0. The molecule has 1 N–H and O–H groups in total. The normalized spacial score (nSPS) is 14.4. The van der Waals surface area contributed by atoms with E-state index in [-0.39, 0.29) is 11.8 Å². The molecule has 152 valence electrons. The van der Waals surface area contributed by atoms with Crippen molar-refractivity contribution < 1.29 is 9.59 Å². The van der Waals surface area contributed by atoms with Gasteiger partial charge in [0.2, 0.25) is 0 Å². The van der Waals surface area contributed by atoms with Gasteiger partial charge in [0.05, 0.1) is 0 Å². The summed E-state index contributed by atoms with van der Waals surface area (Å²) in [5.74, 6) is -0.134. The number of benzene rings is 3. The number of nitrogens with one attached hydrogen (secondary N) is 1. The third-order valence-corrected chi connectivity index (χ3v) is 5.43. The van der Waals surface area contributed by atoms with E-state index < -0.39 is 0 Å². The van der Waals surface area contributed by atoms with Crippen molar-refractivity contribution in [1.82, 2.24) is 9.80 Å². The summed E-state index contributed by atoms with van der Waals surface area (Å²) in [6.07, 6.45) is 0. The highest BCUT2D eigenvalue weighted by atomic mass is 16.2. The molecule has 0 aliphatic carbocycles. The standard InChI is InChI=1S/C25H25N3O2/c1-27-15-17-28(18-16-27)25(30)22-11-13-23(14-12-22)26-24(29)21-9-7-20(8-10-21)19-5-3-2-4-6-19/h2-14H,15-18H2,1H3,(H,26,29). The first-order valence-corrected chi connectivity index (χ1v) is 10.1. The van der Waals surface area contributed by atoms with Crippen LogP contribution >= 0.6 is 0 Å². The van der Waals surface area contributed by atoms with E-state index in [0.717, 1.165) is 37.3 Å². The second-order valence-electron chi connectivity index (χ2n) is 7.57. The summed E-state index contributed by atoms with van der Waals surface area (Å²) in [5.41, 5.74) is 4.09. The molecule has 1 fully saturated rings. The maximum absolute atomic E-state index is 12.6. The van der Waals surface area contributed by atoms with Crippen LogP contribution in [0.1, 0.15) is 20.7 Å². The van der Waals surface area contributed by atoms with Crippen LogP contribution in [0.15, 0.2) is 78.9 Å². The smallest absolute Gasteiger partial charge is 0.255 e. The highest BCUT2D eigenvalue weighted by Crippen LogP contribution is 2.20. The summed E-state index contributed by atoms with van der Waals surface area (Å²) in [7, 11) is 2.06. The van der Waals surface area contributed by atoms with Gasteiger partial charge in [-0.3, -0.25) is 9.59 Å². The lowest BCUT2D eigenvalue weighted by Gasteiger charge is -2.32. The molecule has 0 aromatic heterocycles. The molecule has 0 radical (unpaired) electrons. The highest BCUT2D eigenvalue weighted by molar-refractivity contribution is 6.04. The summed E-state index contributed by atoms with van der Waals surface area (Å²) < 4.78 is 0. The van der Waals surface area contributed by atoms with E-state index in [2.05, 4.69) is 17.3 Å². The fourth-order valence-corrected chi connectivity index (χ4v) is 3.54. The van der Waals surface area contributed by atoms with Gasteiger partial charge in [0, 0.05) is 43.0 Å². The Hall–Kier alpha value is -3.44. The van der Waals surface area contributed by atoms with Gasteiger partial charge in [-0.25, -0.2) is 0 Å². The Labute approximate surface area is 176 Å². The van der Waals surface area contributed by atoms with Gasteiger partial charge >= 0.3 is 0 Å². The zero-order valence-corrected chi connectivity index (χ0v) is 17.0. The van der Waals surface area contributed by atoms with Crippen LogP contribution in [0, 0.1) is 0 Å². The molecule has 5 nitrogen and oxygen atoms in total. The van der Waals surface area contributed by atoms with Gasteiger partial charge in [-0.05, 0) is 54.6 Å². The predicted octanol–water partition coefficient (Wildman–Crippen LogP) is 3.99. The van der Waals surface area contributed by atoms with Gasteiger partial charge in [-0.2, -0.15) is 0 Å². The number of nitrogens with zero attached hydrogens (tertiary/aromatic N) is 2. The lowest BCUT2D eigenvalue weighted by molar-refractivity contribution is 0.0664. The van der Waals surface area contributed by atoms with E-state index >= 15 is 0 Å². The number of hydrogen-bond acceptors (Lipinski definition) is 3. The maximum atomic E-state index is 12.6. The first kappa shape index (κ1) is 19.9. The van der Waals surface area contributed by atoms with Crippen molar-refractivity contribution in [2.24, 2.45) is 0 Å². The number of likely N-dealkylation sites (N-methyl/N-ethyl adjacent to an activating group) is 1. The van der Waals surface area contributed by atoms with E-state index in [0.29, 0.717) is 16.8 Å². The fraction of sp³-hybridized carbons (Fsp3) is 0.200. The molecule has 5 heteroatoms. The summed E-state index contributed by atoms with van der Waals surface area (Å²) in [6, 6.07) is 24.7. The molecule has 0 saturated carbocycles. The van der Waals surface area contributed by atoms with E-state index in [9.17, 15) is 9.59 Å². The Bertz CT molecular complexity index is 1010. The SMILES string of the molecule is CN1CCN(C(=O)c2ccc(NC(=O)c3ccc(-c4ccccc4)cc3)cc2)CC1. The van der Waals surface area contributed by atoms with E-state index in [1.807, 2.05) is 59.5 Å². The molecular formula is C25H25N3O2. The van der Waals surface area contributed by atoms with Crippen LogP contribution in [0.3, 0.4) is 0 Å². The molecule has 0 bridgehead atoms.